The van der Waals surface area contributed by atoms with E-state index < -0.39 is 53.2 Å². The van der Waals surface area contributed by atoms with Crippen molar-refractivity contribution in [3.63, 3.8) is 0 Å². The summed E-state index contributed by atoms with van der Waals surface area (Å²) in [6.45, 7) is 0.0757. The van der Waals surface area contributed by atoms with Crippen LogP contribution >= 0.6 is 0 Å². The summed E-state index contributed by atoms with van der Waals surface area (Å²) in [7, 11) is 1.55. The molecular weight excluding hydrogens is 590 g/mol. The number of hydrogen-bond donors (Lipinski definition) is 1. The fraction of sp³-hybridized carbons (Fsp3) is 0.212. The number of nitrogens with one attached hydrogen (secondary N) is 1. The van der Waals surface area contributed by atoms with E-state index in [-0.39, 0.29) is 19.5 Å². The highest BCUT2D eigenvalue weighted by Gasteiger charge is 2.39. The summed E-state index contributed by atoms with van der Waals surface area (Å²) in [6, 6.07) is 22.3. The third-order valence-corrected chi connectivity index (χ3v) is 7.85. The molecule has 1 aromatic heterocycles. The number of para-hydroxylation sites is 1. The Hall–Kier alpha value is -5.26. The van der Waals surface area contributed by atoms with Crippen molar-refractivity contribution in [3.8, 4) is 5.75 Å². The van der Waals surface area contributed by atoms with Gasteiger partial charge in [0.25, 0.3) is 17.8 Å². The SMILES string of the molecule is COc1ccc(CN2C(=O)[C@@H](NC(=O)C3CCCN3c3c(F)c(F)nc(F)c3F)N=C(c3ccccc3)c3ccccc32)cc1. The summed E-state index contributed by atoms with van der Waals surface area (Å²) >= 11 is 0. The molecule has 1 saturated heterocycles. The Morgan fingerprint density at radius 2 is 1.60 bits per heavy atom. The largest absolute Gasteiger partial charge is 0.497 e. The zero-order chi connectivity index (χ0) is 31.7. The van der Waals surface area contributed by atoms with Gasteiger partial charge in [-0.3, -0.25) is 9.59 Å². The molecule has 12 heteroatoms. The van der Waals surface area contributed by atoms with Crippen LogP contribution < -0.4 is 19.9 Å². The van der Waals surface area contributed by atoms with E-state index >= 15 is 0 Å². The van der Waals surface area contributed by atoms with Gasteiger partial charge in [0.15, 0.2) is 0 Å². The van der Waals surface area contributed by atoms with Gasteiger partial charge in [0.1, 0.15) is 17.5 Å². The minimum absolute atomic E-state index is 0.0546. The predicted octanol–water partition coefficient (Wildman–Crippen LogP) is 5.14. The predicted molar refractivity (Wildman–Crippen MR) is 159 cm³/mol. The molecule has 1 fully saturated rings. The standard InChI is InChI=1S/C33H27F4N5O3/c1-45-21-15-13-19(14-16-21)18-42-23-11-6-5-10-22(23)27(20-8-3-2-4-9-20)38-31(33(42)44)40-32(43)24-12-7-17-41(24)28-25(34)29(36)39-30(37)26(28)35/h2-6,8-11,13-16,24,31H,7,12,17-18H2,1H3,(H,40,43)/t24?,31-/m1/s1. The molecule has 4 aromatic rings. The van der Waals surface area contributed by atoms with E-state index in [2.05, 4.69) is 10.3 Å². The molecule has 3 heterocycles. The number of methoxy groups -OCH3 is 1. The van der Waals surface area contributed by atoms with Crippen molar-refractivity contribution in [1.82, 2.24) is 10.3 Å². The van der Waals surface area contributed by atoms with Crippen molar-refractivity contribution < 1.29 is 31.9 Å². The lowest BCUT2D eigenvalue weighted by Crippen LogP contribution is -2.52. The van der Waals surface area contributed by atoms with Crippen LogP contribution in [0.3, 0.4) is 0 Å². The Kier molecular flexibility index (Phi) is 8.20. The number of benzene rings is 3. The molecule has 0 bridgehead atoms. The quantitative estimate of drug-likeness (QED) is 0.229. The lowest BCUT2D eigenvalue weighted by atomic mass is 10.00. The van der Waals surface area contributed by atoms with Gasteiger partial charge in [-0.1, -0.05) is 60.7 Å². The fourth-order valence-corrected chi connectivity index (χ4v) is 5.69. The Morgan fingerprint density at radius 1 is 0.933 bits per heavy atom. The number of carbonyl (C=O) groups excluding carboxylic acids is 2. The maximum atomic E-state index is 14.7. The number of pyridine rings is 1. The number of carbonyl (C=O) groups is 2. The molecule has 3 aromatic carbocycles. The van der Waals surface area contributed by atoms with Crippen molar-refractivity contribution in [3.05, 3.63) is 119 Å². The zero-order valence-corrected chi connectivity index (χ0v) is 24.0. The normalized spacial score (nSPS) is 17.9. The number of anilines is 2. The van der Waals surface area contributed by atoms with E-state index in [1.807, 2.05) is 54.6 Å². The summed E-state index contributed by atoms with van der Waals surface area (Å²) in [5, 5.41) is 2.66. The lowest BCUT2D eigenvalue weighted by Gasteiger charge is -2.29. The average Bonchev–Trinajstić information content (AvgIpc) is 3.51. The maximum Gasteiger partial charge on any atom is 0.272 e. The third kappa shape index (κ3) is 5.70. The van der Waals surface area contributed by atoms with Gasteiger partial charge in [0.2, 0.25) is 23.7 Å². The first-order valence-corrected chi connectivity index (χ1v) is 14.2. The van der Waals surface area contributed by atoms with Gasteiger partial charge >= 0.3 is 0 Å². The molecule has 2 atom stereocenters. The van der Waals surface area contributed by atoms with Crippen LogP contribution in [0.25, 0.3) is 0 Å². The van der Waals surface area contributed by atoms with E-state index in [1.54, 1.807) is 31.4 Å². The highest BCUT2D eigenvalue weighted by Crippen LogP contribution is 2.33. The van der Waals surface area contributed by atoms with Gasteiger partial charge in [-0.15, -0.1) is 0 Å². The summed E-state index contributed by atoms with van der Waals surface area (Å²) < 4.78 is 62.6. The molecule has 0 radical (unpaired) electrons. The van der Waals surface area contributed by atoms with E-state index in [1.165, 1.54) is 4.90 Å². The van der Waals surface area contributed by atoms with Crippen LogP contribution in [0.1, 0.15) is 29.5 Å². The highest BCUT2D eigenvalue weighted by atomic mass is 19.2. The number of aromatic nitrogens is 1. The summed E-state index contributed by atoms with van der Waals surface area (Å²) in [5.41, 5.74) is 2.11. The van der Waals surface area contributed by atoms with Crippen LogP contribution in [0, 0.1) is 23.5 Å². The van der Waals surface area contributed by atoms with Crippen molar-refractivity contribution in [2.45, 2.75) is 31.6 Å². The van der Waals surface area contributed by atoms with Gasteiger partial charge in [-0.05, 0) is 36.6 Å². The third-order valence-electron chi connectivity index (χ3n) is 7.85. The first-order valence-electron chi connectivity index (χ1n) is 14.2. The Balaban J connectivity index is 1.39. The minimum Gasteiger partial charge on any atom is -0.497 e. The maximum absolute atomic E-state index is 14.7. The molecule has 1 N–H and O–H groups in total. The Bertz CT molecular complexity index is 1760. The molecule has 0 aliphatic carbocycles. The van der Waals surface area contributed by atoms with E-state index in [0.29, 0.717) is 34.7 Å². The minimum atomic E-state index is -1.82. The van der Waals surface area contributed by atoms with Crippen molar-refractivity contribution in [1.29, 1.82) is 0 Å². The van der Waals surface area contributed by atoms with Crippen LogP contribution in [0.5, 0.6) is 5.75 Å². The number of halogens is 4. The van der Waals surface area contributed by atoms with Crippen molar-refractivity contribution in [2.75, 3.05) is 23.5 Å². The smallest absolute Gasteiger partial charge is 0.272 e. The van der Waals surface area contributed by atoms with Gasteiger partial charge in [-0.25, -0.2) is 4.99 Å². The first-order chi connectivity index (χ1) is 21.8. The molecule has 0 saturated carbocycles. The summed E-state index contributed by atoms with van der Waals surface area (Å²) in [6.07, 6.45) is -1.03. The number of benzodiazepines with no additional fused rings is 1. The van der Waals surface area contributed by atoms with Crippen LogP contribution in [0.4, 0.5) is 28.9 Å². The van der Waals surface area contributed by atoms with Gasteiger partial charge in [-0.2, -0.15) is 22.5 Å². The first kappa shape index (κ1) is 29.8. The molecule has 45 heavy (non-hydrogen) atoms. The Morgan fingerprint density at radius 3 is 2.29 bits per heavy atom. The van der Waals surface area contributed by atoms with Crippen LogP contribution in [0.15, 0.2) is 83.9 Å². The van der Waals surface area contributed by atoms with Crippen LogP contribution in [-0.2, 0) is 16.1 Å². The summed E-state index contributed by atoms with van der Waals surface area (Å²) in [5.74, 6) is -7.75. The van der Waals surface area contributed by atoms with Gasteiger partial charge < -0.3 is 19.9 Å². The average molecular weight is 618 g/mol. The van der Waals surface area contributed by atoms with Crippen LogP contribution in [0.2, 0.25) is 0 Å². The molecule has 2 aliphatic rings. The van der Waals surface area contributed by atoms with Gasteiger partial charge in [0, 0.05) is 17.7 Å². The second kappa shape index (κ2) is 12.4. The summed E-state index contributed by atoms with van der Waals surface area (Å²) in [4.78, 5) is 37.8. The molecule has 8 nitrogen and oxygen atoms in total. The topological polar surface area (TPSA) is 87.1 Å². The number of amides is 2. The monoisotopic (exact) mass is 617 g/mol. The second-order valence-corrected chi connectivity index (χ2v) is 10.6. The van der Waals surface area contributed by atoms with E-state index in [4.69, 9.17) is 9.73 Å². The lowest BCUT2D eigenvalue weighted by molar-refractivity contribution is -0.128. The number of ether oxygens (including phenoxy) is 1. The Labute approximate surface area is 256 Å². The zero-order valence-electron chi connectivity index (χ0n) is 24.0. The van der Waals surface area contributed by atoms with Crippen molar-refractivity contribution in [2.24, 2.45) is 4.99 Å². The molecule has 230 valence electrons. The molecule has 0 spiro atoms. The fourth-order valence-electron chi connectivity index (χ4n) is 5.69. The second-order valence-electron chi connectivity index (χ2n) is 10.6. The van der Waals surface area contributed by atoms with E-state index in [9.17, 15) is 27.2 Å². The van der Waals surface area contributed by atoms with E-state index in [0.717, 1.165) is 10.5 Å². The molecule has 2 amide bonds. The molecule has 6 rings (SSSR count). The highest BCUT2D eigenvalue weighted by molar-refractivity contribution is 6.20. The number of aliphatic imine (C=N–C) groups is 1. The number of rotatable bonds is 7. The number of fused-ring (bicyclic) bond motifs is 1. The van der Waals surface area contributed by atoms with Crippen LogP contribution in [-0.4, -0.2) is 48.4 Å². The molecule has 2 aliphatic heterocycles. The number of nitrogens with zero attached hydrogens (tertiary/aromatic N) is 4. The molecule has 1 unspecified atom stereocenters. The molecular formula is C33H27F4N5O3. The van der Waals surface area contributed by atoms with Crippen molar-refractivity contribution >= 4 is 28.9 Å². The van der Waals surface area contributed by atoms with Gasteiger partial charge in [0.05, 0.1) is 25.1 Å². The number of hydrogen-bond acceptors (Lipinski definition) is 6.